The summed E-state index contributed by atoms with van der Waals surface area (Å²) >= 11 is 5.33. The molecular formula is C11H13BrOS. The lowest BCUT2D eigenvalue weighted by molar-refractivity contribution is 0.0488. The molecule has 1 aliphatic heterocycles. The Kier molecular flexibility index (Phi) is 3.20. The zero-order valence-electron chi connectivity index (χ0n) is 7.87. The van der Waals surface area contributed by atoms with Crippen LogP contribution in [0.1, 0.15) is 18.4 Å². The van der Waals surface area contributed by atoms with Gasteiger partial charge in [0.1, 0.15) is 0 Å². The second kappa shape index (κ2) is 4.25. The molecule has 0 bridgehead atoms. The van der Waals surface area contributed by atoms with Crippen molar-refractivity contribution in [1.82, 2.24) is 0 Å². The largest absolute Gasteiger partial charge is 0.384 e. The topological polar surface area (TPSA) is 20.2 Å². The minimum absolute atomic E-state index is 0.622. The predicted octanol–water partition coefficient (Wildman–Crippen LogP) is 3.16. The smallest absolute Gasteiger partial charge is 0.0997 e. The lowest BCUT2D eigenvalue weighted by atomic mass is 9.91. The molecule has 0 aliphatic carbocycles. The number of hydrogen-bond acceptors (Lipinski definition) is 2. The van der Waals surface area contributed by atoms with Crippen LogP contribution in [-0.4, -0.2) is 16.6 Å². The first kappa shape index (κ1) is 10.5. The molecule has 0 amide bonds. The van der Waals surface area contributed by atoms with Crippen molar-refractivity contribution in [2.75, 3.05) is 11.5 Å². The van der Waals surface area contributed by atoms with Crippen molar-refractivity contribution in [3.8, 4) is 0 Å². The zero-order valence-corrected chi connectivity index (χ0v) is 10.3. The van der Waals surface area contributed by atoms with Crippen molar-refractivity contribution in [1.29, 1.82) is 0 Å². The maximum Gasteiger partial charge on any atom is 0.0997 e. The van der Waals surface area contributed by atoms with Gasteiger partial charge in [0, 0.05) is 10.2 Å². The van der Waals surface area contributed by atoms with Crippen LogP contribution >= 0.6 is 27.7 Å². The Morgan fingerprint density at radius 1 is 1.36 bits per heavy atom. The van der Waals surface area contributed by atoms with Crippen molar-refractivity contribution >= 4 is 27.7 Å². The van der Waals surface area contributed by atoms with Crippen LogP contribution in [0.15, 0.2) is 28.7 Å². The van der Waals surface area contributed by atoms with E-state index in [2.05, 4.69) is 15.9 Å². The molecule has 2 rings (SSSR count). The molecule has 1 atom stereocenters. The van der Waals surface area contributed by atoms with Crippen LogP contribution in [-0.2, 0) is 5.60 Å². The molecule has 76 valence electrons. The summed E-state index contributed by atoms with van der Waals surface area (Å²) in [5.41, 5.74) is 0.412. The second-order valence-electron chi connectivity index (χ2n) is 3.67. The minimum atomic E-state index is -0.622. The first-order valence-corrected chi connectivity index (χ1v) is 6.72. The molecule has 3 heteroatoms. The van der Waals surface area contributed by atoms with E-state index in [1.54, 1.807) is 0 Å². The lowest BCUT2D eigenvalue weighted by Crippen LogP contribution is -2.32. The number of benzene rings is 1. The van der Waals surface area contributed by atoms with Crippen LogP contribution in [0.3, 0.4) is 0 Å². The summed E-state index contributed by atoms with van der Waals surface area (Å²) < 4.78 is 1.02. The fraction of sp³-hybridized carbons (Fsp3) is 0.455. The van der Waals surface area contributed by atoms with Crippen molar-refractivity contribution in [3.05, 3.63) is 34.3 Å². The molecule has 14 heavy (non-hydrogen) atoms. The van der Waals surface area contributed by atoms with Crippen molar-refractivity contribution < 1.29 is 5.11 Å². The highest BCUT2D eigenvalue weighted by atomic mass is 79.9. The third-order valence-corrected chi connectivity index (χ3v) is 4.55. The van der Waals surface area contributed by atoms with Gasteiger partial charge < -0.3 is 5.11 Å². The summed E-state index contributed by atoms with van der Waals surface area (Å²) in [6.07, 6.45) is 1.98. The van der Waals surface area contributed by atoms with Crippen LogP contribution in [0.25, 0.3) is 0 Å². The van der Waals surface area contributed by atoms with E-state index in [0.717, 1.165) is 28.6 Å². The molecule has 1 aromatic carbocycles. The van der Waals surface area contributed by atoms with E-state index in [-0.39, 0.29) is 0 Å². The van der Waals surface area contributed by atoms with Crippen molar-refractivity contribution in [2.24, 2.45) is 0 Å². The van der Waals surface area contributed by atoms with Crippen molar-refractivity contribution in [3.63, 3.8) is 0 Å². The second-order valence-corrected chi connectivity index (χ2v) is 5.63. The van der Waals surface area contributed by atoms with Gasteiger partial charge in [0.05, 0.1) is 5.60 Å². The summed E-state index contributed by atoms with van der Waals surface area (Å²) in [6.45, 7) is 0. The number of rotatable bonds is 1. The molecule has 1 unspecified atom stereocenters. The standard InChI is InChI=1S/C11H13BrOS/c12-10-5-2-1-4-9(10)11(13)6-3-7-14-8-11/h1-2,4-5,13H,3,6-8H2. The lowest BCUT2D eigenvalue weighted by Gasteiger charge is -2.32. The van der Waals surface area contributed by atoms with E-state index in [1.807, 2.05) is 36.0 Å². The van der Waals surface area contributed by atoms with Gasteiger partial charge in [-0.05, 0) is 30.2 Å². The van der Waals surface area contributed by atoms with Gasteiger partial charge in [0.25, 0.3) is 0 Å². The summed E-state index contributed by atoms with van der Waals surface area (Å²) in [7, 11) is 0. The Bertz CT molecular complexity index is 321. The normalized spacial score (nSPS) is 27.6. The highest BCUT2D eigenvalue weighted by Gasteiger charge is 2.32. The van der Waals surface area contributed by atoms with E-state index in [0.29, 0.717) is 0 Å². The molecule has 1 heterocycles. The fourth-order valence-corrected chi connectivity index (χ4v) is 3.62. The summed E-state index contributed by atoms with van der Waals surface area (Å²) in [5, 5.41) is 10.5. The van der Waals surface area contributed by atoms with E-state index in [9.17, 15) is 5.11 Å². The highest BCUT2D eigenvalue weighted by molar-refractivity contribution is 9.10. The van der Waals surface area contributed by atoms with Crippen molar-refractivity contribution in [2.45, 2.75) is 18.4 Å². The molecule has 0 saturated carbocycles. The maximum absolute atomic E-state index is 10.5. The van der Waals surface area contributed by atoms with Gasteiger partial charge >= 0.3 is 0 Å². The third kappa shape index (κ3) is 2.00. The van der Waals surface area contributed by atoms with Crippen LogP contribution in [0.2, 0.25) is 0 Å². The first-order valence-electron chi connectivity index (χ1n) is 4.77. The van der Waals surface area contributed by atoms with Gasteiger partial charge in [-0.25, -0.2) is 0 Å². The number of hydrogen-bond donors (Lipinski definition) is 1. The Morgan fingerprint density at radius 2 is 2.14 bits per heavy atom. The van der Waals surface area contributed by atoms with Crippen LogP contribution in [0, 0.1) is 0 Å². The predicted molar refractivity (Wildman–Crippen MR) is 64.6 cm³/mol. The van der Waals surface area contributed by atoms with Gasteiger partial charge in [-0.3, -0.25) is 0 Å². The highest BCUT2D eigenvalue weighted by Crippen LogP contribution is 2.38. The van der Waals surface area contributed by atoms with E-state index in [4.69, 9.17) is 0 Å². The molecule has 0 spiro atoms. The van der Waals surface area contributed by atoms with E-state index >= 15 is 0 Å². The average molecular weight is 273 g/mol. The van der Waals surface area contributed by atoms with Crippen LogP contribution < -0.4 is 0 Å². The summed E-state index contributed by atoms with van der Waals surface area (Å²) in [4.78, 5) is 0. The zero-order chi connectivity index (χ0) is 10.0. The quantitative estimate of drug-likeness (QED) is 0.848. The third-order valence-electron chi connectivity index (χ3n) is 2.60. The summed E-state index contributed by atoms with van der Waals surface area (Å²) in [5.74, 6) is 1.99. The molecule has 1 saturated heterocycles. The maximum atomic E-state index is 10.5. The monoisotopic (exact) mass is 272 g/mol. The Morgan fingerprint density at radius 3 is 2.79 bits per heavy atom. The van der Waals surface area contributed by atoms with Gasteiger partial charge in [-0.1, -0.05) is 34.1 Å². The fourth-order valence-electron chi connectivity index (χ4n) is 1.83. The Balaban J connectivity index is 2.32. The minimum Gasteiger partial charge on any atom is -0.384 e. The SMILES string of the molecule is OC1(c2ccccc2Br)CCCSC1. The number of aliphatic hydroxyl groups is 1. The first-order chi connectivity index (χ1) is 6.72. The average Bonchev–Trinajstić information content (AvgIpc) is 2.19. The summed E-state index contributed by atoms with van der Waals surface area (Å²) in [6, 6.07) is 7.97. The van der Waals surface area contributed by atoms with Crippen LogP contribution in [0.5, 0.6) is 0 Å². The number of halogens is 1. The molecule has 1 fully saturated rings. The Hall–Kier alpha value is 0.01000. The molecule has 0 aromatic heterocycles. The van der Waals surface area contributed by atoms with Gasteiger partial charge in [0.15, 0.2) is 0 Å². The molecular weight excluding hydrogens is 260 g/mol. The molecule has 1 nitrogen and oxygen atoms in total. The molecule has 1 aromatic rings. The van der Waals surface area contributed by atoms with Crippen LogP contribution in [0.4, 0.5) is 0 Å². The Labute approximate surface area is 97.0 Å². The van der Waals surface area contributed by atoms with E-state index < -0.39 is 5.60 Å². The van der Waals surface area contributed by atoms with Gasteiger partial charge in [0.2, 0.25) is 0 Å². The van der Waals surface area contributed by atoms with Gasteiger partial charge in [-0.15, -0.1) is 0 Å². The van der Waals surface area contributed by atoms with E-state index in [1.165, 1.54) is 5.75 Å². The molecule has 0 radical (unpaired) electrons. The molecule has 1 N–H and O–H groups in total. The number of thioether (sulfide) groups is 1. The van der Waals surface area contributed by atoms with Gasteiger partial charge in [-0.2, -0.15) is 11.8 Å². The molecule has 1 aliphatic rings.